The topological polar surface area (TPSA) is 65.7 Å². The maximum absolute atomic E-state index is 13.6. The number of hydrogen-bond donors (Lipinski definition) is 0. The molecule has 0 radical (unpaired) electrons. The molecule has 1 saturated carbocycles. The molecule has 0 spiro atoms. The smallest absolute Gasteiger partial charge is 0.345 e. The van der Waals surface area contributed by atoms with E-state index in [-0.39, 0.29) is 17.6 Å². The third-order valence-corrected chi connectivity index (χ3v) is 7.10. The zero-order valence-electron chi connectivity index (χ0n) is 18.2. The minimum Gasteiger partial charge on any atom is -0.450 e. The van der Waals surface area contributed by atoms with Gasteiger partial charge < -0.3 is 13.9 Å². The molecule has 30 heavy (non-hydrogen) atoms. The zero-order chi connectivity index (χ0) is 21.4. The van der Waals surface area contributed by atoms with Gasteiger partial charge >= 0.3 is 5.63 Å². The van der Waals surface area contributed by atoms with Crippen LogP contribution >= 0.6 is 0 Å². The summed E-state index contributed by atoms with van der Waals surface area (Å²) in [7, 11) is 0. The molecule has 0 amide bonds. The molecule has 5 rings (SSSR count). The summed E-state index contributed by atoms with van der Waals surface area (Å²) in [5.74, 6) is -0.471. The number of ketones is 1. The average Bonchev–Trinajstić information content (AvgIpc) is 3.07. The fourth-order valence-corrected chi connectivity index (χ4v) is 5.61. The number of Topliss-reactive ketones (excluding diaryl/α,β-unsaturated/α-hetero) is 1. The van der Waals surface area contributed by atoms with Gasteiger partial charge in [-0.25, -0.2) is 4.79 Å². The number of hydrogen-bond acceptors (Lipinski definition) is 5. The van der Waals surface area contributed by atoms with Crippen LogP contribution in [0.2, 0.25) is 0 Å². The maximum atomic E-state index is 13.6. The first-order chi connectivity index (χ1) is 14.2. The van der Waals surface area contributed by atoms with Crippen LogP contribution < -0.4 is 10.4 Å². The van der Waals surface area contributed by atoms with Gasteiger partial charge in [0.25, 0.3) is 5.79 Å². The van der Waals surface area contributed by atoms with E-state index < -0.39 is 17.5 Å². The monoisotopic (exact) mass is 408 g/mol. The normalized spacial score (nSPS) is 29.7. The Bertz CT molecular complexity index is 1150. The fraction of sp³-hybridized carbons (Fsp3) is 0.520. The SMILES string of the molecule is CC1=C2CCC(C)C2C2OC1(C(=O)CC(C)C)Oc1c2c(=O)oc2cccc(C)c12. The average molecular weight is 408 g/mol. The molecule has 158 valence electrons. The van der Waals surface area contributed by atoms with Gasteiger partial charge in [-0.05, 0) is 50.2 Å². The van der Waals surface area contributed by atoms with Crippen molar-refractivity contribution in [3.8, 4) is 5.75 Å². The first-order valence-electron chi connectivity index (χ1n) is 10.9. The third kappa shape index (κ3) is 2.51. The Morgan fingerprint density at radius 1 is 1.27 bits per heavy atom. The van der Waals surface area contributed by atoms with E-state index in [0.717, 1.165) is 29.4 Å². The first-order valence-corrected chi connectivity index (χ1v) is 10.9. The lowest BCUT2D eigenvalue weighted by Crippen LogP contribution is -2.56. The summed E-state index contributed by atoms with van der Waals surface area (Å²) in [6, 6.07) is 5.59. The molecule has 2 aromatic rings. The largest absolute Gasteiger partial charge is 0.450 e. The van der Waals surface area contributed by atoms with E-state index in [1.165, 1.54) is 5.57 Å². The number of carbonyl (C=O) groups is 1. The summed E-state index contributed by atoms with van der Waals surface area (Å²) >= 11 is 0. The maximum Gasteiger partial charge on any atom is 0.345 e. The molecule has 4 atom stereocenters. The molecule has 0 saturated heterocycles. The molecule has 0 N–H and O–H groups in total. The van der Waals surface area contributed by atoms with E-state index in [0.29, 0.717) is 29.2 Å². The highest BCUT2D eigenvalue weighted by atomic mass is 16.7. The minimum absolute atomic E-state index is 0.0667. The van der Waals surface area contributed by atoms with Gasteiger partial charge in [0.2, 0.25) is 5.78 Å². The number of ether oxygens (including phenoxy) is 2. The fourth-order valence-electron chi connectivity index (χ4n) is 5.61. The van der Waals surface area contributed by atoms with E-state index in [2.05, 4.69) is 6.92 Å². The Hall–Kier alpha value is -2.40. The van der Waals surface area contributed by atoms with Gasteiger partial charge in [0.1, 0.15) is 23.0 Å². The molecular formula is C25H28O5. The second-order valence-corrected chi connectivity index (χ2v) is 9.55. The molecule has 5 nitrogen and oxygen atoms in total. The van der Waals surface area contributed by atoms with E-state index in [1.54, 1.807) is 6.07 Å². The molecule has 4 unspecified atom stereocenters. The van der Waals surface area contributed by atoms with Gasteiger partial charge in [0, 0.05) is 17.9 Å². The van der Waals surface area contributed by atoms with Crippen LogP contribution in [0.4, 0.5) is 0 Å². The molecule has 1 aliphatic carbocycles. The molecule has 5 heteroatoms. The standard InChI is InChI=1S/C25H28O5/c1-12(2)11-18(26)25-15(5)16-10-9-14(4)19(16)22(29-25)21-23(30-25)20-13(3)7-6-8-17(20)28-24(21)27/h6-8,12,14,19,22H,9-11H2,1-5H3. The van der Waals surface area contributed by atoms with Crippen LogP contribution in [0.25, 0.3) is 11.0 Å². The number of benzene rings is 1. The van der Waals surface area contributed by atoms with Crippen molar-refractivity contribution in [3.05, 3.63) is 50.9 Å². The lowest BCUT2D eigenvalue weighted by Gasteiger charge is -2.48. The van der Waals surface area contributed by atoms with Crippen LogP contribution in [0, 0.1) is 24.7 Å². The van der Waals surface area contributed by atoms with Gasteiger partial charge in [-0.15, -0.1) is 0 Å². The molecule has 3 aliphatic rings. The van der Waals surface area contributed by atoms with Crippen molar-refractivity contribution in [2.75, 3.05) is 0 Å². The third-order valence-electron chi connectivity index (χ3n) is 7.10. The lowest BCUT2D eigenvalue weighted by molar-refractivity contribution is -0.223. The molecule has 1 aromatic heterocycles. The Morgan fingerprint density at radius 2 is 2.03 bits per heavy atom. The molecule has 1 fully saturated rings. The highest BCUT2D eigenvalue weighted by molar-refractivity contribution is 5.93. The Labute approximate surface area is 176 Å². The second-order valence-electron chi connectivity index (χ2n) is 9.55. The number of rotatable bonds is 3. The van der Waals surface area contributed by atoms with Crippen molar-refractivity contribution in [2.24, 2.45) is 17.8 Å². The molecular weight excluding hydrogens is 380 g/mol. The van der Waals surface area contributed by atoms with Crippen LogP contribution in [0.15, 0.2) is 38.6 Å². The van der Waals surface area contributed by atoms with Crippen molar-refractivity contribution in [1.29, 1.82) is 0 Å². The molecule has 3 heterocycles. The van der Waals surface area contributed by atoms with Gasteiger partial charge in [-0.3, -0.25) is 4.79 Å². The van der Waals surface area contributed by atoms with E-state index in [1.807, 2.05) is 39.8 Å². The summed E-state index contributed by atoms with van der Waals surface area (Å²) in [6.45, 7) is 10.2. The quantitative estimate of drug-likeness (QED) is 0.513. The Morgan fingerprint density at radius 3 is 2.77 bits per heavy atom. The Kier molecular flexibility index (Phi) is 4.27. The summed E-state index contributed by atoms with van der Waals surface area (Å²) in [5.41, 5.74) is 3.50. The van der Waals surface area contributed by atoms with Crippen LogP contribution in [0.3, 0.4) is 0 Å². The van der Waals surface area contributed by atoms with Crippen LogP contribution in [-0.4, -0.2) is 11.6 Å². The van der Waals surface area contributed by atoms with Gasteiger partial charge in [-0.2, -0.15) is 0 Å². The number of aryl methyl sites for hydroxylation is 1. The summed E-state index contributed by atoms with van der Waals surface area (Å²) < 4.78 is 18.7. The zero-order valence-corrected chi connectivity index (χ0v) is 18.2. The summed E-state index contributed by atoms with van der Waals surface area (Å²) in [5, 5.41) is 0.754. The number of fused-ring (bicyclic) bond motifs is 8. The van der Waals surface area contributed by atoms with Gasteiger partial charge in [-0.1, -0.05) is 38.5 Å². The van der Waals surface area contributed by atoms with Crippen molar-refractivity contribution in [2.45, 2.75) is 65.8 Å². The lowest BCUT2D eigenvalue weighted by atomic mass is 9.77. The first kappa shape index (κ1) is 19.6. The summed E-state index contributed by atoms with van der Waals surface area (Å²) in [6.07, 6.45) is 1.75. The molecule has 1 aromatic carbocycles. The van der Waals surface area contributed by atoms with Crippen molar-refractivity contribution in [1.82, 2.24) is 0 Å². The van der Waals surface area contributed by atoms with Gasteiger partial charge in [0.15, 0.2) is 0 Å². The molecule has 2 aliphatic heterocycles. The van der Waals surface area contributed by atoms with Crippen LogP contribution in [-0.2, 0) is 9.53 Å². The second kappa shape index (κ2) is 6.55. The van der Waals surface area contributed by atoms with Gasteiger partial charge in [0.05, 0.1) is 5.39 Å². The van der Waals surface area contributed by atoms with Crippen molar-refractivity contribution < 1.29 is 18.7 Å². The summed E-state index contributed by atoms with van der Waals surface area (Å²) in [4.78, 5) is 26.6. The van der Waals surface area contributed by atoms with Crippen molar-refractivity contribution >= 4 is 16.8 Å². The highest BCUT2D eigenvalue weighted by Gasteiger charge is 2.59. The predicted molar refractivity (Wildman–Crippen MR) is 113 cm³/mol. The minimum atomic E-state index is -1.46. The van der Waals surface area contributed by atoms with E-state index in [4.69, 9.17) is 13.9 Å². The number of carbonyl (C=O) groups excluding carboxylic acids is 1. The van der Waals surface area contributed by atoms with Crippen LogP contribution in [0.1, 0.15) is 64.2 Å². The highest BCUT2D eigenvalue weighted by Crippen LogP contribution is 2.58. The Balaban J connectivity index is 1.83. The van der Waals surface area contributed by atoms with Crippen LogP contribution in [0.5, 0.6) is 5.75 Å². The van der Waals surface area contributed by atoms with E-state index >= 15 is 0 Å². The predicted octanol–water partition coefficient (Wildman–Crippen LogP) is 5.24. The molecule has 2 bridgehead atoms. The van der Waals surface area contributed by atoms with E-state index in [9.17, 15) is 9.59 Å². The van der Waals surface area contributed by atoms with Crippen molar-refractivity contribution in [3.63, 3.8) is 0 Å².